The summed E-state index contributed by atoms with van der Waals surface area (Å²) < 4.78 is 19.0. The van der Waals surface area contributed by atoms with Crippen LogP contribution < -0.4 is 5.32 Å². The van der Waals surface area contributed by atoms with Crippen molar-refractivity contribution in [1.82, 2.24) is 4.90 Å². The second-order valence-electron chi connectivity index (χ2n) is 5.57. The molecule has 7 nitrogen and oxygen atoms in total. The lowest BCUT2D eigenvalue weighted by Crippen LogP contribution is -2.34. The number of halogens is 1. The fourth-order valence-corrected chi connectivity index (χ4v) is 2.54. The van der Waals surface area contributed by atoms with Gasteiger partial charge in [0, 0.05) is 13.1 Å². The molecule has 1 saturated heterocycles. The summed E-state index contributed by atoms with van der Waals surface area (Å²) in [6.07, 6.45) is 0.354. The van der Waals surface area contributed by atoms with Crippen LogP contribution in [0.15, 0.2) is 12.1 Å². The molecule has 0 saturated carbocycles. The zero-order valence-corrected chi connectivity index (χ0v) is 13.5. The molecule has 0 aliphatic carbocycles. The summed E-state index contributed by atoms with van der Waals surface area (Å²) in [7, 11) is 0. The van der Waals surface area contributed by atoms with E-state index in [0.29, 0.717) is 12.0 Å². The molecular formula is C16H19FN2O5. The van der Waals surface area contributed by atoms with Gasteiger partial charge < -0.3 is 20.1 Å². The smallest absolute Gasteiger partial charge is 0.338 e. The van der Waals surface area contributed by atoms with Crippen LogP contribution in [-0.4, -0.2) is 47.7 Å². The number of carboxylic acids is 1. The van der Waals surface area contributed by atoms with Crippen LogP contribution in [0, 0.1) is 18.7 Å². The number of anilines is 1. The largest absolute Gasteiger partial charge is 0.481 e. The molecule has 0 spiro atoms. The predicted octanol–water partition coefficient (Wildman–Crippen LogP) is 2.25. The van der Waals surface area contributed by atoms with E-state index in [9.17, 15) is 18.8 Å². The number of hydrogen-bond acceptors (Lipinski definition) is 4. The van der Waals surface area contributed by atoms with Crippen molar-refractivity contribution in [3.63, 3.8) is 0 Å². The molecule has 1 fully saturated rings. The SMILES string of the molecule is CCOC(=O)c1cc(NC(=O)N2CCC(C(=O)O)C2)c(F)cc1C. The van der Waals surface area contributed by atoms with Gasteiger partial charge in [0.25, 0.3) is 0 Å². The van der Waals surface area contributed by atoms with E-state index in [0.717, 1.165) is 6.07 Å². The highest BCUT2D eigenvalue weighted by molar-refractivity contribution is 5.95. The minimum absolute atomic E-state index is 0.0688. The number of likely N-dealkylation sites (tertiary alicyclic amines) is 1. The number of benzene rings is 1. The van der Waals surface area contributed by atoms with E-state index in [1.54, 1.807) is 13.8 Å². The first-order valence-electron chi connectivity index (χ1n) is 7.59. The maximum Gasteiger partial charge on any atom is 0.338 e. The first-order valence-corrected chi connectivity index (χ1v) is 7.59. The highest BCUT2D eigenvalue weighted by Crippen LogP contribution is 2.23. The molecule has 1 atom stereocenters. The first-order chi connectivity index (χ1) is 11.3. The lowest BCUT2D eigenvalue weighted by Gasteiger charge is -2.18. The summed E-state index contributed by atoms with van der Waals surface area (Å²) in [5.41, 5.74) is 0.418. The summed E-state index contributed by atoms with van der Waals surface area (Å²) in [6.45, 7) is 3.76. The van der Waals surface area contributed by atoms with Crippen LogP contribution in [0.3, 0.4) is 0 Å². The minimum atomic E-state index is -0.962. The summed E-state index contributed by atoms with van der Waals surface area (Å²) in [5.74, 6) is -2.86. The normalized spacial score (nSPS) is 16.8. The maximum atomic E-state index is 14.1. The number of nitrogens with one attached hydrogen (secondary N) is 1. The number of hydrogen-bond donors (Lipinski definition) is 2. The summed E-state index contributed by atoms with van der Waals surface area (Å²) in [4.78, 5) is 36.3. The molecule has 1 heterocycles. The van der Waals surface area contributed by atoms with Crippen molar-refractivity contribution in [2.24, 2.45) is 5.92 Å². The average Bonchev–Trinajstić information content (AvgIpc) is 3.00. The van der Waals surface area contributed by atoms with Gasteiger partial charge >= 0.3 is 18.0 Å². The van der Waals surface area contributed by atoms with Gasteiger partial charge in [0.1, 0.15) is 5.82 Å². The van der Waals surface area contributed by atoms with Gasteiger partial charge in [-0.1, -0.05) is 0 Å². The fourth-order valence-electron chi connectivity index (χ4n) is 2.54. The van der Waals surface area contributed by atoms with Crippen LogP contribution in [-0.2, 0) is 9.53 Å². The minimum Gasteiger partial charge on any atom is -0.481 e. The molecule has 0 bridgehead atoms. The van der Waals surface area contributed by atoms with Crippen LogP contribution in [0.1, 0.15) is 29.3 Å². The topological polar surface area (TPSA) is 95.9 Å². The molecule has 1 aliphatic rings. The van der Waals surface area contributed by atoms with E-state index in [2.05, 4.69) is 5.32 Å². The van der Waals surface area contributed by atoms with Gasteiger partial charge in [-0.2, -0.15) is 0 Å². The first kappa shape index (κ1) is 17.7. The summed E-state index contributed by atoms with van der Waals surface area (Å²) in [6, 6.07) is 1.77. The molecular weight excluding hydrogens is 319 g/mol. The third-order valence-corrected chi connectivity index (χ3v) is 3.88. The Kier molecular flexibility index (Phi) is 5.38. The molecule has 1 aromatic rings. The van der Waals surface area contributed by atoms with Crippen molar-refractivity contribution in [1.29, 1.82) is 0 Å². The van der Waals surface area contributed by atoms with Gasteiger partial charge in [-0.3, -0.25) is 4.79 Å². The standard InChI is InChI=1S/C16H19FN2O5/c1-3-24-15(22)11-7-13(12(17)6-9(11)2)18-16(23)19-5-4-10(8-19)14(20)21/h6-7,10H,3-5,8H2,1-2H3,(H,18,23)(H,20,21). The molecule has 8 heteroatoms. The highest BCUT2D eigenvalue weighted by Gasteiger charge is 2.31. The molecule has 1 unspecified atom stereocenters. The molecule has 24 heavy (non-hydrogen) atoms. The number of carbonyl (C=O) groups excluding carboxylic acids is 2. The Balaban J connectivity index is 2.14. The number of esters is 1. The molecule has 0 radical (unpaired) electrons. The zero-order valence-electron chi connectivity index (χ0n) is 13.5. The molecule has 2 amide bonds. The lowest BCUT2D eigenvalue weighted by molar-refractivity contribution is -0.141. The second-order valence-corrected chi connectivity index (χ2v) is 5.57. The molecule has 2 N–H and O–H groups in total. The molecule has 2 rings (SSSR count). The summed E-state index contributed by atoms with van der Waals surface area (Å²) in [5, 5.41) is 11.3. The third-order valence-electron chi connectivity index (χ3n) is 3.88. The second kappa shape index (κ2) is 7.29. The van der Waals surface area contributed by atoms with E-state index >= 15 is 0 Å². The number of amides is 2. The number of urea groups is 1. The van der Waals surface area contributed by atoms with Crippen molar-refractivity contribution in [3.8, 4) is 0 Å². The van der Waals surface area contributed by atoms with E-state index in [4.69, 9.17) is 9.84 Å². The monoisotopic (exact) mass is 338 g/mol. The Bertz CT molecular complexity index is 677. The predicted molar refractivity (Wildman–Crippen MR) is 83.4 cm³/mol. The van der Waals surface area contributed by atoms with Crippen LogP contribution in [0.5, 0.6) is 0 Å². The summed E-state index contributed by atoms with van der Waals surface area (Å²) >= 11 is 0. The average molecular weight is 338 g/mol. The zero-order chi connectivity index (χ0) is 17.9. The van der Waals surface area contributed by atoms with Crippen molar-refractivity contribution in [3.05, 3.63) is 29.1 Å². The van der Waals surface area contributed by atoms with Gasteiger partial charge in [0.05, 0.1) is 23.8 Å². The molecule has 1 aromatic carbocycles. The van der Waals surface area contributed by atoms with E-state index in [1.807, 2.05) is 0 Å². The Morgan fingerprint density at radius 2 is 2.12 bits per heavy atom. The van der Waals surface area contributed by atoms with Crippen molar-refractivity contribution in [2.75, 3.05) is 25.0 Å². The van der Waals surface area contributed by atoms with Crippen molar-refractivity contribution >= 4 is 23.7 Å². The Labute approximate surface area is 138 Å². The molecule has 130 valence electrons. The van der Waals surface area contributed by atoms with E-state index < -0.39 is 29.7 Å². The Hall–Kier alpha value is -2.64. The third kappa shape index (κ3) is 3.81. The fraction of sp³-hybridized carbons (Fsp3) is 0.438. The highest BCUT2D eigenvalue weighted by atomic mass is 19.1. The van der Waals surface area contributed by atoms with E-state index in [1.165, 1.54) is 11.0 Å². The lowest BCUT2D eigenvalue weighted by atomic mass is 10.1. The van der Waals surface area contributed by atoms with Crippen molar-refractivity contribution in [2.45, 2.75) is 20.3 Å². The Morgan fingerprint density at radius 3 is 2.71 bits per heavy atom. The van der Waals surface area contributed by atoms with Crippen LogP contribution in [0.2, 0.25) is 0 Å². The van der Waals surface area contributed by atoms with E-state index in [-0.39, 0.29) is 30.9 Å². The van der Waals surface area contributed by atoms with Gasteiger partial charge in [-0.05, 0) is 38.0 Å². The van der Waals surface area contributed by atoms with Crippen LogP contribution in [0.4, 0.5) is 14.9 Å². The van der Waals surface area contributed by atoms with Gasteiger partial charge in [-0.25, -0.2) is 14.0 Å². The molecule has 0 aromatic heterocycles. The van der Waals surface area contributed by atoms with Gasteiger partial charge in [0.15, 0.2) is 0 Å². The number of rotatable bonds is 4. The molecule has 1 aliphatic heterocycles. The van der Waals surface area contributed by atoms with Crippen LogP contribution in [0.25, 0.3) is 0 Å². The van der Waals surface area contributed by atoms with Gasteiger partial charge in [-0.15, -0.1) is 0 Å². The number of nitrogens with zero attached hydrogens (tertiary/aromatic N) is 1. The maximum absolute atomic E-state index is 14.1. The van der Waals surface area contributed by atoms with Crippen molar-refractivity contribution < 1.29 is 28.6 Å². The quantitative estimate of drug-likeness (QED) is 0.821. The number of ether oxygens (including phenoxy) is 1. The van der Waals surface area contributed by atoms with Gasteiger partial charge in [0.2, 0.25) is 0 Å². The number of carboxylic acid groups (broad SMARTS) is 1. The number of aliphatic carboxylic acids is 1. The van der Waals surface area contributed by atoms with Crippen LogP contribution >= 0.6 is 0 Å². The number of carbonyl (C=O) groups is 3. The Morgan fingerprint density at radius 1 is 1.42 bits per heavy atom. The number of aryl methyl sites for hydroxylation is 1.